The lowest BCUT2D eigenvalue weighted by Gasteiger charge is -2.06. The van der Waals surface area contributed by atoms with Crippen LogP contribution in [0.5, 0.6) is 5.75 Å². The molecule has 2 N–H and O–H groups in total. The number of nitrogens with two attached hydrogens (primary N) is 1. The Bertz CT molecular complexity index is 325. The van der Waals surface area contributed by atoms with Crippen molar-refractivity contribution >= 4 is 17.2 Å². The fourth-order valence-corrected chi connectivity index (χ4v) is 1.41. The van der Waals surface area contributed by atoms with Gasteiger partial charge in [0, 0.05) is 5.56 Å². The molecule has 0 spiro atoms. The van der Waals surface area contributed by atoms with Crippen molar-refractivity contribution in [1.29, 1.82) is 0 Å². The number of unbranched alkanes of at least 4 members (excludes halogenated alkanes) is 2. The van der Waals surface area contributed by atoms with Crippen molar-refractivity contribution in [3.8, 4) is 5.75 Å². The van der Waals surface area contributed by atoms with Crippen LogP contribution in [0.3, 0.4) is 0 Å². The molecular formula is C12H17NOS. The van der Waals surface area contributed by atoms with Crippen molar-refractivity contribution < 1.29 is 4.74 Å². The zero-order valence-corrected chi connectivity index (χ0v) is 9.85. The Morgan fingerprint density at radius 2 is 2.20 bits per heavy atom. The van der Waals surface area contributed by atoms with Gasteiger partial charge in [-0.05, 0) is 18.6 Å². The number of rotatable bonds is 6. The Morgan fingerprint density at radius 3 is 2.87 bits per heavy atom. The molecule has 3 heteroatoms. The van der Waals surface area contributed by atoms with Crippen LogP contribution < -0.4 is 10.5 Å². The van der Waals surface area contributed by atoms with Crippen LogP contribution in [-0.2, 0) is 0 Å². The molecule has 82 valence electrons. The summed E-state index contributed by atoms with van der Waals surface area (Å²) in [7, 11) is 0. The number of ether oxygens (including phenoxy) is 1. The molecule has 0 radical (unpaired) electrons. The van der Waals surface area contributed by atoms with E-state index in [9.17, 15) is 0 Å². The van der Waals surface area contributed by atoms with Crippen molar-refractivity contribution in [1.82, 2.24) is 0 Å². The molecule has 0 fully saturated rings. The third-order valence-corrected chi connectivity index (χ3v) is 2.37. The second-order valence-electron chi connectivity index (χ2n) is 3.45. The van der Waals surface area contributed by atoms with E-state index in [2.05, 4.69) is 6.92 Å². The fourth-order valence-electron chi connectivity index (χ4n) is 1.28. The highest BCUT2D eigenvalue weighted by Gasteiger charge is 1.98. The number of benzene rings is 1. The predicted molar refractivity (Wildman–Crippen MR) is 67.3 cm³/mol. The summed E-state index contributed by atoms with van der Waals surface area (Å²) in [6, 6.07) is 7.60. The van der Waals surface area contributed by atoms with Gasteiger partial charge in [-0.25, -0.2) is 0 Å². The van der Waals surface area contributed by atoms with E-state index in [1.165, 1.54) is 12.8 Å². The maximum absolute atomic E-state index is 5.58. The molecule has 0 atom stereocenters. The number of thiocarbonyl (C=S) groups is 1. The molecule has 0 unspecified atom stereocenters. The minimum Gasteiger partial charge on any atom is -0.494 e. The van der Waals surface area contributed by atoms with Gasteiger partial charge in [0.25, 0.3) is 0 Å². The third-order valence-electron chi connectivity index (χ3n) is 2.14. The Balaban J connectivity index is 2.47. The van der Waals surface area contributed by atoms with Gasteiger partial charge >= 0.3 is 0 Å². The Kier molecular flexibility index (Phi) is 5.12. The minimum atomic E-state index is 0.411. The monoisotopic (exact) mass is 223 g/mol. The van der Waals surface area contributed by atoms with Crippen molar-refractivity contribution in [2.45, 2.75) is 26.2 Å². The van der Waals surface area contributed by atoms with Crippen LogP contribution in [0.25, 0.3) is 0 Å². The molecule has 0 aliphatic rings. The standard InChI is InChI=1S/C12H17NOS/c1-2-3-4-8-14-11-7-5-6-10(9-11)12(13)15/h5-7,9H,2-4,8H2,1H3,(H2,13,15). The van der Waals surface area contributed by atoms with E-state index in [4.69, 9.17) is 22.7 Å². The molecule has 0 aromatic heterocycles. The molecule has 0 aliphatic heterocycles. The van der Waals surface area contributed by atoms with Gasteiger partial charge < -0.3 is 10.5 Å². The fraction of sp³-hybridized carbons (Fsp3) is 0.417. The lowest BCUT2D eigenvalue weighted by molar-refractivity contribution is 0.306. The maximum Gasteiger partial charge on any atom is 0.119 e. The summed E-state index contributed by atoms with van der Waals surface area (Å²) >= 11 is 4.90. The minimum absolute atomic E-state index is 0.411. The molecule has 1 rings (SSSR count). The smallest absolute Gasteiger partial charge is 0.119 e. The van der Waals surface area contributed by atoms with Crippen LogP contribution in [0.15, 0.2) is 24.3 Å². The van der Waals surface area contributed by atoms with Crippen LogP contribution >= 0.6 is 12.2 Å². The van der Waals surface area contributed by atoms with Crippen LogP contribution in [0.1, 0.15) is 31.7 Å². The van der Waals surface area contributed by atoms with Gasteiger partial charge in [0.05, 0.1) is 6.61 Å². The second-order valence-corrected chi connectivity index (χ2v) is 3.89. The summed E-state index contributed by atoms with van der Waals surface area (Å²) in [6.07, 6.45) is 3.50. The van der Waals surface area contributed by atoms with Crippen molar-refractivity contribution in [2.24, 2.45) is 5.73 Å². The highest BCUT2D eigenvalue weighted by atomic mass is 32.1. The molecule has 2 nitrogen and oxygen atoms in total. The van der Waals surface area contributed by atoms with E-state index in [-0.39, 0.29) is 0 Å². The molecule has 0 bridgehead atoms. The Hall–Kier alpha value is -1.09. The summed E-state index contributed by atoms with van der Waals surface area (Å²) < 4.78 is 5.58. The van der Waals surface area contributed by atoms with E-state index in [1.807, 2.05) is 24.3 Å². The lowest BCUT2D eigenvalue weighted by Crippen LogP contribution is -2.09. The summed E-state index contributed by atoms with van der Waals surface area (Å²) in [4.78, 5) is 0.411. The molecule has 1 aromatic carbocycles. The largest absolute Gasteiger partial charge is 0.494 e. The molecule has 15 heavy (non-hydrogen) atoms. The topological polar surface area (TPSA) is 35.2 Å². The van der Waals surface area contributed by atoms with Gasteiger partial charge in [-0.2, -0.15) is 0 Å². The highest BCUT2D eigenvalue weighted by molar-refractivity contribution is 7.80. The van der Waals surface area contributed by atoms with E-state index >= 15 is 0 Å². The molecule has 0 saturated carbocycles. The lowest BCUT2D eigenvalue weighted by atomic mass is 10.2. The second kappa shape index (κ2) is 6.40. The molecule has 0 aliphatic carbocycles. The first-order valence-corrected chi connectivity index (χ1v) is 5.67. The van der Waals surface area contributed by atoms with E-state index in [0.717, 1.165) is 24.3 Å². The van der Waals surface area contributed by atoms with Gasteiger partial charge in [-0.3, -0.25) is 0 Å². The molecular weight excluding hydrogens is 206 g/mol. The Labute approximate surface area is 96.4 Å². The maximum atomic E-state index is 5.58. The van der Waals surface area contributed by atoms with Crippen LogP contribution in [-0.4, -0.2) is 11.6 Å². The zero-order chi connectivity index (χ0) is 11.1. The zero-order valence-electron chi connectivity index (χ0n) is 9.03. The summed E-state index contributed by atoms with van der Waals surface area (Å²) in [6.45, 7) is 2.93. The van der Waals surface area contributed by atoms with Gasteiger partial charge in [-0.15, -0.1) is 0 Å². The quantitative estimate of drug-likeness (QED) is 0.595. The average molecular weight is 223 g/mol. The van der Waals surface area contributed by atoms with Crippen molar-refractivity contribution in [2.75, 3.05) is 6.61 Å². The predicted octanol–water partition coefficient (Wildman–Crippen LogP) is 2.89. The van der Waals surface area contributed by atoms with Crippen LogP contribution in [0.2, 0.25) is 0 Å². The average Bonchev–Trinajstić information content (AvgIpc) is 2.25. The number of hydrogen-bond donors (Lipinski definition) is 1. The van der Waals surface area contributed by atoms with Crippen LogP contribution in [0, 0.1) is 0 Å². The highest BCUT2D eigenvalue weighted by Crippen LogP contribution is 2.13. The third kappa shape index (κ3) is 4.30. The SMILES string of the molecule is CCCCCOc1cccc(C(N)=S)c1. The van der Waals surface area contributed by atoms with Crippen LogP contribution in [0.4, 0.5) is 0 Å². The van der Waals surface area contributed by atoms with Gasteiger partial charge in [0.2, 0.25) is 0 Å². The normalized spacial score (nSPS) is 9.93. The first kappa shape index (κ1) is 12.0. The summed E-state index contributed by atoms with van der Waals surface area (Å²) in [5.41, 5.74) is 6.39. The first-order chi connectivity index (χ1) is 7.24. The van der Waals surface area contributed by atoms with E-state index in [0.29, 0.717) is 4.99 Å². The van der Waals surface area contributed by atoms with Gasteiger partial charge in [0.1, 0.15) is 10.7 Å². The summed E-state index contributed by atoms with van der Waals surface area (Å²) in [5, 5.41) is 0. The molecule has 0 amide bonds. The van der Waals surface area contributed by atoms with Crippen molar-refractivity contribution in [3.63, 3.8) is 0 Å². The van der Waals surface area contributed by atoms with Gasteiger partial charge in [-0.1, -0.05) is 44.1 Å². The first-order valence-electron chi connectivity index (χ1n) is 5.26. The van der Waals surface area contributed by atoms with E-state index < -0.39 is 0 Å². The molecule has 0 saturated heterocycles. The Morgan fingerprint density at radius 1 is 1.40 bits per heavy atom. The number of hydrogen-bond acceptors (Lipinski definition) is 2. The van der Waals surface area contributed by atoms with Gasteiger partial charge in [0.15, 0.2) is 0 Å². The molecule has 0 heterocycles. The molecule has 1 aromatic rings. The van der Waals surface area contributed by atoms with Crippen molar-refractivity contribution in [3.05, 3.63) is 29.8 Å². The van der Waals surface area contributed by atoms with E-state index in [1.54, 1.807) is 0 Å². The summed E-state index contributed by atoms with van der Waals surface area (Å²) in [5.74, 6) is 0.844.